The lowest BCUT2D eigenvalue weighted by Gasteiger charge is -2.11. The summed E-state index contributed by atoms with van der Waals surface area (Å²) in [6, 6.07) is 14.8. The van der Waals surface area contributed by atoms with Crippen molar-refractivity contribution in [3.05, 3.63) is 65.5 Å². The first-order chi connectivity index (χ1) is 13.6. The molecule has 146 valence electrons. The minimum absolute atomic E-state index is 0.285. The van der Waals surface area contributed by atoms with Crippen molar-refractivity contribution in [1.29, 1.82) is 0 Å². The van der Waals surface area contributed by atoms with Crippen LogP contribution in [0.1, 0.15) is 23.4 Å². The number of rotatable bonds is 8. The van der Waals surface area contributed by atoms with Gasteiger partial charge in [-0.1, -0.05) is 30.0 Å². The largest absolute Gasteiger partial charge is 0.496 e. The smallest absolute Gasteiger partial charge is 0.299 e. The van der Waals surface area contributed by atoms with Crippen LogP contribution < -0.4 is 9.47 Å². The van der Waals surface area contributed by atoms with Crippen molar-refractivity contribution in [3.8, 4) is 11.5 Å². The molecule has 0 aliphatic carbocycles. The molecule has 6 nitrogen and oxygen atoms in total. The Hall–Kier alpha value is -2.94. The van der Waals surface area contributed by atoms with Crippen LogP contribution in [-0.2, 0) is 6.61 Å². The monoisotopic (exact) mass is 404 g/mol. The molecular formula is C19H18F2N4O2S. The number of methoxy groups -OCH3 is 1. The number of benzene rings is 2. The van der Waals surface area contributed by atoms with E-state index in [4.69, 9.17) is 9.47 Å². The van der Waals surface area contributed by atoms with Gasteiger partial charge in [-0.2, -0.15) is 9.78 Å². The average Bonchev–Trinajstić information content (AvgIpc) is 3.14. The zero-order valence-corrected chi connectivity index (χ0v) is 16.1. The Morgan fingerprint density at radius 2 is 1.96 bits per heavy atom. The van der Waals surface area contributed by atoms with Crippen molar-refractivity contribution in [3.63, 3.8) is 0 Å². The van der Waals surface area contributed by atoms with Gasteiger partial charge in [-0.3, -0.25) is 0 Å². The summed E-state index contributed by atoms with van der Waals surface area (Å²) in [7, 11) is 1.58. The van der Waals surface area contributed by atoms with Gasteiger partial charge < -0.3 is 9.47 Å². The SMILES string of the molecule is COc1ccc(/C=N/n2c(SC)nnc2C(F)F)cc1COc1ccccc1. The third-order valence-corrected chi connectivity index (χ3v) is 4.40. The molecule has 0 aliphatic rings. The second-order valence-corrected chi connectivity index (χ2v) is 6.35. The van der Waals surface area contributed by atoms with E-state index in [1.165, 1.54) is 18.0 Å². The molecule has 0 N–H and O–H groups in total. The fourth-order valence-corrected chi connectivity index (χ4v) is 2.88. The van der Waals surface area contributed by atoms with Crippen molar-refractivity contribution >= 4 is 18.0 Å². The van der Waals surface area contributed by atoms with E-state index in [0.717, 1.165) is 16.0 Å². The zero-order valence-electron chi connectivity index (χ0n) is 15.3. The molecule has 9 heteroatoms. The van der Waals surface area contributed by atoms with E-state index in [1.54, 1.807) is 25.5 Å². The van der Waals surface area contributed by atoms with Crippen LogP contribution in [0.4, 0.5) is 8.78 Å². The fraction of sp³-hybridized carbons (Fsp3) is 0.211. The molecule has 3 rings (SSSR count). The minimum Gasteiger partial charge on any atom is -0.496 e. The Labute approximate surface area is 165 Å². The minimum atomic E-state index is -2.77. The van der Waals surface area contributed by atoms with E-state index in [1.807, 2.05) is 36.4 Å². The summed E-state index contributed by atoms with van der Waals surface area (Å²) < 4.78 is 38.4. The van der Waals surface area contributed by atoms with Crippen LogP contribution in [-0.4, -0.2) is 34.5 Å². The van der Waals surface area contributed by atoms with Gasteiger partial charge in [-0.25, -0.2) is 8.78 Å². The molecule has 0 aliphatic heterocycles. The van der Waals surface area contributed by atoms with Crippen LogP contribution in [0, 0.1) is 0 Å². The predicted octanol–water partition coefficient (Wildman–Crippen LogP) is 4.41. The number of para-hydroxylation sites is 1. The van der Waals surface area contributed by atoms with Crippen LogP contribution in [0.15, 0.2) is 58.8 Å². The van der Waals surface area contributed by atoms with Crippen molar-refractivity contribution in [1.82, 2.24) is 14.9 Å². The third-order valence-electron chi connectivity index (χ3n) is 3.78. The van der Waals surface area contributed by atoms with Crippen molar-refractivity contribution in [2.24, 2.45) is 5.10 Å². The summed E-state index contributed by atoms with van der Waals surface area (Å²) in [5.41, 5.74) is 1.51. The summed E-state index contributed by atoms with van der Waals surface area (Å²) in [6.45, 7) is 0.292. The number of ether oxygens (including phenoxy) is 2. The number of halogens is 2. The first-order valence-electron chi connectivity index (χ1n) is 8.29. The van der Waals surface area contributed by atoms with E-state index >= 15 is 0 Å². The van der Waals surface area contributed by atoms with E-state index in [0.29, 0.717) is 17.9 Å². The quantitative estimate of drug-likeness (QED) is 0.411. The van der Waals surface area contributed by atoms with Crippen molar-refractivity contribution < 1.29 is 18.3 Å². The summed E-state index contributed by atoms with van der Waals surface area (Å²) in [4.78, 5) is 0. The molecule has 28 heavy (non-hydrogen) atoms. The van der Waals surface area contributed by atoms with Crippen LogP contribution in [0.25, 0.3) is 0 Å². The maximum absolute atomic E-state index is 13.1. The zero-order chi connectivity index (χ0) is 19.9. The van der Waals surface area contributed by atoms with Gasteiger partial charge >= 0.3 is 0 Å². The number of alkyl halides is 2. The standard InChI is InChI=1S/C19H18F2N4O2S/c1-26-16-9-8-13(10-14(16)12-27-15-6-4-3-5-7-15)11-22-25-18(17(20)21)23-24-19(25)28-2/h3-11,17H,12H2,1-2H3/b22-11+. The molecule has 0 bridgehead atoms. The number of thioether (sulfide) groups is 1. The summed E-state index contributed by atoms with van der Waals surface area (Å²) in [5.74, 6) is 0.900. The fourth-order valence-electron chi connectivity index (χ4n) is 2.44. The molecule has 3 aromatic rings. The molecule has 0 fully saturated rings. The number of aromatic nitrogens is 3. The first-order valence-corrected chi connectivity index (χ1v) is 9.51. The number of hydrogen-bond donors (Lipinski definition) is 0. The van der Waals surface area contributed by atoms with E-state index in [-0.39, 0.29) is 5.16 Å². The summed E-state index contributed by atoms with van der Waals surface area (Å²) in [5, 5.41) is 11.6. The van der Waals surface area contributed by atoms with Crippen LogP contribution in [0.5, 0.6) is 11.5 Å². The van der Waals surface area contributed by atoms with Crippen LogP contribution in [0.2, 0.25) is 0 Å². The lowest BCUT2D eigenvalue weighted by Crippen LogP contribution is -2.02. The highest BCUT2D eigenvalue weighted by atomic mass is 32.2. The van der Waals surface area contributed by atoms with Crippen molar-refractivity contribution in [2.75, 3.05) is 13.4 Å². The highest BCUT2D eigenvalue weighted by molar-refractivity contribution is 7.98. The van der Waals surface area contributed by atoms with E-state index in [2.05, 4.69) is 15.3 Å². The summed E-state index contributed by atoms with van der Waals surface area (Å²) >= 11 is 1.19. The first kappa shape index (κ1) is 19.8. The second kappa shape index (κ2) is 9.32. The highest BCUT2D eigenvalue weighted by Crippen LogP contribution is 2.23. The molecule has 0 saturated heterocycles. The highest BCUT2D eigenvalue weighted by Gasteiger charge is 2.19. The number of hydrogen-bond acceptors (Lipinski definition) is 6. The summed E-state index contributed by atoms with van der Waals surface area (Å²) in [6.07, 6.45) is 0.425. The molecule has 0 saturated carbocycles. The molecule has 1 heterocycles. The van der Waals surface area contributed by atoms with Gasteiger partial charge in [0.25, 0.3) is 6.43 Å². The third kappa shape index (κ3) is 4.66. The molecule has 1 aromatic heterocycles. The number of nitrogens with zero attached hydrogens (tertiary/aromatic N) is 4. The molecular weight excluding hydrogens is 386 g/mol. The molecule has 2 aromatic carbocycles. The Morgan fingerprint density at radius 1 is 1.18 bits per heavy atom. The molecule has 0 amide bonds. The van der Waals surface area contributed by atoms with Gasteiger partial charge in [0.1, 0.15) is 18.1 Å². The van der Waals surface area contributed by atoms with Gasteiger partial charge in [-0.05, 0) is 42.2 Å². The predicted molar refractivity (Wildman–Crippen MR) is 104 cm³/mol. The van der Waals surface area contributed by atoms with Gasteiger partial charge in [0.15, 0.2) is 0 Å². The van der Waals surface area contributed by atoms with E-state index in [9.17, 15) is 8.78 Å². The Balaban J connectivity index is 1.83. The average molecular weight is 404 g/mol. The van der Waals surface area contributed by atoms with E-state index < -0.39 is 12.2 Å². The van der Waals surface area contributed by atoms with Gasteiger partial charge in [0.05, 0.1) is 13.3 Å². The maximum Gasteiger partial charge on any atom is 0.299 e. The molecule has 0 atom stereocenters. The Morgan fingerprint density at radius 3 is 2.64 bits per heavy atom. The molecule has 0 radical (unpaired) electrons. The normalized spacial score (nSPS) is 11.3. The van der Waals surface area contributed by atoms with Gasteiger partial charge in [0.2, 0.25) is 11.0 Å². The Bertz CT molecular complexity index is 948. The molecule has 0 spiro atoms. The van der Waals surface area contributed by atoms with Gasteiger partial charge in [-0.15, -0.1) is 10.2 Å². The topological polar surface area (TPSA) is 61.5 Å². The van der Waals surface area contributed by atoms with Crippen molar-refractivity contribution in [2.45, 2.75) is 18.2 Å². The maximum atomic E-state index is 13.1. The van der Waals surface area contributed by atoms with Crippen LogP contribution >= 0.6 is 11.8 Å². The van der Waals surface area contributed by atoms with Crippen LogP contribution in [0.3, 0.4) is 0 Å². The molecule has 0 unspecified atom stereocenters. The second-order valence-electron chi connectivity index (χ2n) is 5.57. The van der Waals surface area contributed by atoms with Gasteiger partial charge in [0, 0.05) is 5.56 Å². The lowest BCUT2D eigenvalue weighted by atomic mass is 10.1. The Kier molecular flexibility index (Phi) is 6.59. The lowest BCUT2D eigenvalue weighted by molar-refractivity contribution is 0.135.